The number of carbonyl (C=O) groups is 2. The lowest BCUT2D eigenvalue weighted by Gasteiger charge is -2.21. The SMILES string of the molecule is COc1ccc(CCC2(C)NC(=O)N(Cc3nnc(C)o3)C2=O)cc1. The Hall–Kier alpha value is -2.90. The van der Waals surface area contributed by atoms with Gasteiger partial charge in [-0.1, -0.05) is 12.1 Å². The van der Waals surface area contributed by atoms with Crippen molar-refractivity contribution in [2.45, 2.75) is 38.8 Å². The molecule has 0 saturated carbocycles. The van der Waals surface area contributed by atoms with Gasteiger partial charge in [0.1, 0.15) is 17.8 Å². The first-order chi connectivity index (χ1) is 11.9. The Morgan fingerprint density at radius 3 is 2.56 bits per heavy atom. The molecule has 3 amide bonds. The van der Waals surface area contributed by atoms with Gasteiger partial charge in [0.2, 0.25) is 11.8 Å². The summed E-state index contributed by atoms with van der Waals surface area (Å²) >= 11 is 0. The Morgan fingerprint density at radius 2 is 1.96 bits per heavy atom. The Kier molecular flexibility index (Phi) is 4.43. The summed E-state index contributed by atoms with van der Waals surface area (Å²) in [7, 11) is 1.61. The number of amides is 3. The minimum atomic E-state index is -0.952. The molecule has 0 aliphatic carbocycles. The van der Waals surface area contributed by atoms with E-state index in [1.807, 2.05) is 24.3 Å². The Bertz CT molecular complexity index is 786. The number of hydrogen-bond donors (Lipinski definition) is 1. The van der Waals surface area contributed by atoms with Crippen LogP contribution in [-0.2, 0) is 17.8 Å². The molecule has 8 heteroatoms. The highest BCUT2D eigenvalue weighted by Gasteiger charge is 2.47. The summed E-state index contributed by atoms with van der Waals surface area (Å²) in [6.45, 7) is 3.36. The summed E-state index contributed by atoms with van der Waals surface area (Å²) in [5, 5.41) is 10.3. The quantitative estimate of drug-likeness (QED) is 0.803. The molecule has 3 rings (SSSR count). The van der Waals surface area contributed by atoms with Crippen LogP contribution in [0.2, 0.25) is 0 Å². The highest BCUT2D eigenvalue weighted by Crippen LogP contribution is 2.25. The van der Waals surface area contributed by atoms with Crippen LogP contribution in [0, 0.1) is 6.92 Å². The van der Waals surface area contributed by atoms with Gasteiger partial charge in [-0.15, -0.1) is 10.2 Å². The zero-order valence-corrected chi connectivity index (χ0v) is 14.4. The van der Waals surface area contributed by atoms with Crippen molar-refractivity contribution in [2.75, 3.05) is 7.11 Å². The number of nitrogens with one attached hydrogen (secondary N) is 1. The zero-order valence-electron chi connectivity index (χ0n) is 14.4. The smallest absolute Gasteiger partial charge is 0.325 e. The van der Waals surface area contributed by atoms with E-state index >= 15 is 0 Å². The van der Waals surface area contributed by atoms with Crippen LogP contribution in [0.3, 0.4) is 0 Å². The summed E-state index contributed by atoms with van der Waals surface area (Å²) in [4.78, 5) is 26.0. The molecule has 2 heterocycles. The van der Waals surface area contributed by atoms with Crippen LogP contribution in [0.5, 0.6) is 5.75 Å². The van der Waals surface area contributed by atoms with Crippen LogP contribution < -0.4 is 10.1 Å². The third-order valence-corrected chi connectivity index (χ3v) is 4.28. The van der Waals surface area contributed by atoms with E-state index in [4.69, 9.17) is 9.15 Å². The molecule has 1 aromatic heterocycles. The first-order valence-corrected chi connectivity index (χ1v) is 7.97. The third-order valence-electron chi connectivity index (χ3n) is 4.28. The fraction of sp³-hybridized carbons (Fsp3) is 0.412. The standard InChI is InChI=1S/C17H20N4O4/c1-11-19-20-14(25-11)10-21-15(22)17(2,18-16(21)23)9-8-12-4-6-13(24-3)7-5-12/h4-7H,8-10H2,1-3H3,(H,18,23). The number of ether oxygens (including phenoxy) is 1. The number of hydrogen-bond acceptors (Lipinski definition) is 6. The molecule has 1 fully saturated rings. The van der Waals surface area contributed by atoms with Gasteiger partial charge in [-0.3, -0.25) is 9.69 Å². The molecule has 0 spiro atoms. The van der Waals surface area contributed by atoms with Crippen molar-refractivity contribution in [3.63, 3.8) is 0 Å². The molecule has 132 valence electrons. The maximum absolute atomic E-state index is 12.7. The molecule has 1 aliphatic rings. The fourth-order valence-corrected chi connectivity index (χ4v) is 2.78. The second-order valence-corrected chi connectivity index (χ2v) is 6.22. The summed E-state index contributed by atoms with van der Waals surface area (Å²) in [5.74, 6) is 1.12. The van der Waals surface area contributed by atoms with E-state index in [2.05, 4.69) is 15.5 Å². The Balaban J connectivity index is 1.66. The predicted octanol–water partition coefficient (Wildman–Crippen LogP) is 1.83. The molecule has 1 unspecified atom stereocenters. The first-order valence-electron chi connectivity index (χ1n) is 7.97. The molecule has 1 aliphatic heterocycles. The number of aromatic nitrogens is 2. The van der Waals surface area contributed by atoms with Crippen LogP contribution in [0.25, 0.3) is 0 Å². The van der Waals surface area contributed by atoms with E-state index in [0.717, 1.165) is 16.2 Å². The molecule has 8 nitrogen and oxygen atoms in total. The van der Waals surface area contributed by atoms with Gasteiger partial charge in [0, 0.05) is 6.92 Å². The number of nitrogens with zero attached hydrogens (tertiary/aromatic N) is 3. The molecule has 1 saturated heterocycles. The maximum Gasteiger partial charge on any atom is 0.325 e. The number of methoxy groups -OCH3 is 1. The van der Waals surface area contributed by atoms with Crippen molar-refractivity contribution in [1.29, 1.82) is 0 Å². The summed E-state index contributed by atoms with van der Waals surface area (Å²) in [6.07, 6.45) is 1.14. The van der Waals surface area contributed by atoms with E-state index in [1.165, 1.54) is 0 Å². The lowest BCUT2D eigenvalue weighted by molar-refractivity contribution is -0.131. The lowest BCUT2D eigenvalue weighted by atomic mass is 9.93. The second kappa shape index (κ2) is 6.54. The summed E-state index contributed by atoms with van der Waals surface area (Å²) in [6, 6.07) is 7.19. The first kappa shape index (κ1) is 16.9. The van der Waals surface area contributed by atoms with E-state index < -0.39 is 11.6 Å². The van der Waals surface area contributed by atoms with Crippen LogP contribution in [0.4, 0.5) is 4.79 Å². The van der Waals surface area contributed by atoms with Crippen LogP contribution in [0.1, 0.15) is 30.7 Å². The van der Waals surface area contributed by atoms with Gasteiger partial charge in [0.05, 0.1) is 7.11 Å². The van der Waals surface area contributed by atoms with E-state index in [-0.39, 0.29) is 18.3 Å². The third kappa shape index (κ3) is 3.47. The Morgan fingerprint density at radius 1 is 1.24 bits per heavy atom. The van der Waals surface area contributed by atoms with E-state index in [1.54, 1.807) is 21.0 Å². The molecule has 2 aromatic rings. The molecule has 25 heavy (non-hydrogen) atoms. The second-order valence-electron chi connectivity index (χ2n) is 6.22. The number of imide groups is 1. The van der Waals surface area contributed by atoms with Crippen LogP contribution in [0.15, 0.2) is 28.7 Å². The van der Waals surface area contributed by atoms with Gasteiger partial charge in [-0.2, -0.15) is 0 Å². The van der Waals surface area contributed by atoms with Gasteiger partial charge in [-0.05, 0) is 37.5 Å². The van der Waals surface area contributed by atoms with Crippen molar-refractivity contribution in [1.82, 2.24) is 20.4 Å². The van der Waals surface area contributed by atoms with E-state index in [0.29, 0.717) is 18.7 Å². The Labute approximate surface area is 145 Å². The summed E-state index contributed by atoms with van der Waals surface area (Å²) < 4.78 is 10.4. The van der Waals surface area contributed by atoms with Gasteiger partial charge in [0.15, 0.2) is 0 Å². The number of aryl methyl sites for hydroxylation is 2. The van der Waals surface area contributed by atoms with Crippen molar-refractivity contribution in [3.8, 4) is 5.75 Å². The lowest BCUT2D eigenvalue weighted by Crippen LogP contribution is -2.44. The van der Waals surface area contributed by atoms with Gasteiger partial charge >= 0.3 is 6.03 Å². The van der Waals surface area contributed by atoms with Crippen LogP contribution in [-0.4, -0.2) is 39.7 Å². The van der Waals surface area contributed by atoms with Gasteiger partial charge in [-0.25, -0.2) is 4.79 Å². The zero-order chi connectivity index (χ0) is 18.0. The highest BCUT2D eigenvalue weighted by atomic mass is 16.5. The van der Waals surface area contributed by atoms with Crippen molar-refractivity contribution >= 4 is 11.9 Å². The van der Waals surface area contributed by atoms with E-state index in [9.17, 15) is 9.59 Å². The van der Waals surface area contributed by atoms with Crippen molar-refractivity contribution < 1.29 is 18.7 Å². The average Bonchev–Trinajstić information content (AvgIpc) is 3.10. The predicted molar refractivity (Wildman–Crippen MR) is 87.8 cm³/mol. The number of benzene rings is 1. The number of rotatable bonds is 6. The molecule has 1 aromatic carbocycles. The topological polar surface area (TPSA) is 97.6 Å². The van der Waals surface area contributed by atoms with Gasteiger partial charge < -0.3 is 14.5 Å². The molecule has 0 bridgehead atoms. The average molecular weight is 344 g/mol. The summed E-state index contributed by atoms with van der Waals surface area (Å²) in [5.41, 5.74) is 0.113. The molecular weight excluding hydrogens is 324 g/mol. The molecule has 1 atom stereocenters. The number of carbonyl (C=O) groups excluding carboxylic acids is 2. The molecule has 1 N–H and O–H groups in total. The monoisotopic (exact) mass is 344 g/mol. The van der Waals surface area contributed by atoms with Crippen molar-refractivity contribution in [2.24, 2.45) is 0 Å². The van der Waals surface area contributed by atoms with Gasteiger partial charge in [0.25, 0.3) is 5.91 Å². The van der Waals surface area contributed by atoms with Crippen molar-refractivity contribution in [3.05, 3.63) is 41.6 Å². The number of urea groups is 1. The normalized spacial score (nSPS) is 20.0. The minimum absolute atomic E-state index is 0.0242. The largest absolute Gasteiger partial charge is 0.497 e. The minimum Gasteiger partial charge on any atom is -0.497 e. The molecular formula is C17H20N4O4. The molecule has 0 radical (unpaired) electrons. The maximum atomic E-state index is 12.7. The van der Waals surface area contributed by atoms with Crippen LogP contribution >= 0.6 is 0 Å². The highest BCUT2D eigenvalue weighted by molar-refractivity contribution is 6.06. The fourth-order valence-electron chi connectivity index (χ4n) is 2.78.